The normalized spacial score (nSPS) is 16.4. The van der Waals surface area contributed by atoms with E-state index in [0.29, 0.717) is 5.02 Å². The molecule has 0 aromatic heterocycles. The van der Waals surface area contributed by atoms with Crippen LogP contribution in [0.5, 0.6) is 0 Å². The van der Waals surface area contributed by atoms with Gasteiger partial charge in [-0.2, -0.15) is 0 Å². The van der Waals surface area contributed by atoms with Crippen LogP contribution in [-0.4, -0.2) is 18.0 Å². The molecule has 0 saturated carbocycles. The smallest absolute Gasteiger partial charge is 0.321 e. The Morgan fingerprint density at radius 1 is 1.19 bits per heavy atom. The van der Waals surface area contributed by atoms with E-state index in [0.717, 1.165) is 18.5 Å². The number of urea groups is 1. The quantitative estimate of drug-likeness (QED) is 0.870. The van der Waals surface area contributed by atoms with Crippen molar-refractivity contribution in [2.45, 2.75) is 18.9 Å². The second-order valence-electron chi connectivity index (χ2n) is 5.30. The summed E-state index contributed by atoms with van der Waals surface area (Å²) < 4.78 is 0. The van der Waals surface area contributed by atoms with E-state index >= 15 is 0 Å². The van der Waals surface area contributed by atoms with Gasteiger partial charge in [0.25, 0.3) is 0 Å². The van der Waals surface area contributed by atoms with E-state index in [1.165, 1.54) is 11.1 Å². The predicted octanol–water partition coefficient (Wildman–Crippen LogP) is 4.49. The summed E-state index contributed by atoms with van der Waals surface area (Å²) in [7, 11) is 1.85. The van der Waals surface area contributed by atoms with Crippen LogP contribution in [0.4, 0.5) is 10.5 Å². The van der Waals surface area contributed by atoms with Gasteiger partial charge in [0.05, 0.1) is 6.04 Å². The van der Waals surface area contributed by atoms with E-state index in [4.69, 9.17) is 11.6 Å². The first kappa shape index (κ1) is 14.0. The predicted molar refractivity (Wildman–Crippen MR) is 85.7 cm³/mol. The molecule has 1 atom stereocenters. The molecule has 1 aliphatic rings. The van der Waals surface area contributed by atoms with Crippen molar-refractivity contribution in [3.63, 3.8) is 0 Å². The number of benzene rings is 2. The average Bonchev–Trinajstić information content (AvgIpc) is 2.92. The SMILES string of the molecule is CN(C(=O)Nc1ccc(Cl)cc1)C1CCc2ccccc21. The van der Waals surface area contributed by atoms with Gasteiger partial charge < -0.3 is 10.2 Å². The van der Waals surface area contributed by atoms with Crippen LogP contribution in [0.25, 0.3) is 0 Å². The molecule has 108 valence electrons. The second-order valence-corrected chi connectivity index (χ2v) is 5.74. The lowest BCUT2D eigenvalue weighted by Gasteiger charge is -2.25. The minimum atomic E-state index is -0.0981. The molecule has 0 radical (unpaired) electrons. The zero-order valence-corrected chi connectivity index (χ0v) is 12.6. The van der Waals surface area contributed by atoms with Gasteiger partial charge in [0.2, 0.25) is 0 Å². The van der Waals surface area contributed by atoms with Crippen LogP contribution in [0, 0.1) is 0 Å². The van der Waals surface area contributed by atoms with Gasteiger partial charge in [0.15, 0.2) is 0 Å². The summed E-state index contributed by atoms with van der Waals surface area (Å²) in [5.74, 6) is 0. The van der Waals surface area contributed by atoms with Crippen molar-refractivity contribution in [2.75, 3.05) is 12.4 Å². The van der Waals surface area contributed by atoms with Gasteiger partial charge in [-0.05, 0) is 48.2 Å². The van der Waals surface area contributed by atoms with Crippen molar-refractivity contribution in [3.05, 3.63) is 64.7 Å². The van der Waals surface area contributed by atoms with Crippen molar-refractivity contribution in [1.29, 1.82) is 0 Å². The van der Waals surface area contributed by atoms with Crippen LogP contribution in [-0.2, 0) is 6.42 Å². The zero-order chi connectivity index (χ0) is 14.8. The second kappa shape index (κ2) is 5.78. The highest BCUT2D eigenvalue weighted by atomic mass is 35.5. The van der Waals surface area contributed by atoms with E-state index in [9.17, 15) is 4.79 Å². The van der Waals surface area contributed by atoms with Crippen molar-refractivity contribution in [3.8, 4) is 0 Å². The highest BCUT2D eigenvalue weighted by Crippen LogP contribution is 2.35. The Morgan fingerprint density at radius 3 is 2.67 bits per heavy atom. The number of rotatable bonds is 2. The molecule has 0 fully saturated rings. The van der Waals surface area contributed by atoms with E-state index in [2.05, 4.69) is 23.5 Å². The van der Waals surface area contributed by atoms with Crippen molar-refractivity contribution in [2.24, 2.45) is 0 Å². The molecule has 1 unspecified atom stereocenters. The maximum absolute atomic E-state index is 12.4. The first-order valence-electron chi connectivity index (χ1n) is 7.02. The number of amides is 2. The summed E-state index contributed by atoms with van der Waals surface area (Å²) in [5, 5.41) is 3.56. The van der Waals surface area contributed by atoms with E-state index in [-0.39, 0.29) is 12.1 Å². The van der Waals surface area contributed by atoms with Crippen LogP contribution in [0.1, 0.15) is 23.6 Å². The molecule has 0 heterocycles. The van der Waals surface area contributed by atoms with Crippen LogP contribution in [0.2, 0.25) is 5.02 Å². The number of nitrogens with one attached hydrogen (secondary N) is 1. The maximum atomic E-state index is 12.4. The summed E-state index contributed by atoms with van der Waals surface area (Å²) in [4.78, 5) is 14.2. The molecule has 21 heavy (non-hydrogen) atoms. The van der Waals surface area contributed by atoms with Gasteiger partial charge in [0.1, 0.15) is 0 Å². The van der Waals surface area contributed by atoms with E-state index < -0.39 is 0 Å². The monoisotopic (exact) mass is 300 g/mol. The van der Waals surface area contributed by atoms with Gasteiger partial charge in [-0.1, -0.05) is 35.9 Å². The number of carbonyl (C=O) groups excluding carboxylic acids is 1. The lowest BCUT2D eigenvalue weighted by Crippen LogP contribution is -2.33. The summed E-state index contributed by atoms with van der Waals surface area (Å²) in [5.41, 5.74) is 3.35. The highest BCUT2D eigenvalue weighted by molar-refractivity contribution is 6.30. The van der Waals surface area contributed by atoms with Gasteiger partial charge in [-0.3, -0.25) is 0 Å². The molecule has 0 bridgehead atoms. The number of aryl methyl sites for hydroxylation is 1. The molecular formula is C17H17ClN2O. The number of hydrogen-bond acceptors (Lipinski definition) is 1. The standard InChI is InChI=1S/C17H17ClN2O/c1-20(16-11-6-12-4-2-3-5-15(12)16)17(21)19-14-9-7-13(18)8-10-14/h2-5,7-10,16H,6,11H2,1H3,(H,19,21). The Morgan fingerprint density at radius 2 is 1.90 bits per heavy atom. The largest absolute Gasteiger partial charge is 0.322 e. The Labute approximate surface area is 129 Å². The Kier molecular flexibility index (Phi) is 3.84. The van der Waals surface area contributed by atoms with Gasteiger partial charge in [-0.15, -0.1) is 0 Å². The number of halogens is 1. The lowest BCUT2D eigenvalue weighted by atomic mass is 10.1. The third-order valence-electron chi connectivity index (χ3n) is 3.98. The van der Waals surface area contributed by atoms with E-state index in [1.807, 2.05) is 13.1 Å². The fraction of sp³-hybridized carbons (Fsp3) is 0.235. The molecule has 1 N–H and O–H groups in total. The van der Waals surface area contributed by atoms with E-state index in [1.54, 1.807) is 29.2 Å². The first-order valence-corrected chi connectivity index (χ1v) is 7.40. The fourth-order valence-electron chi connectivity index (χ4n) is 2.82. The van der Waals surface area contributed by atoms with Crippen LogP contribution in [0.15, 0.2) is 48.5 Å². The number of carbonyl (C=O) groups is 1. The average molecular weight is 301 g/mol. The Hall–Kier alpha value is -2.00. The molecule has 2 aromatic carbocycles. The summed E-state index contributed by atoms with van der Waals surface area (Å²) in [6, 6.07) is 15.5. The molecule has 0 saturated heterocycles. The minimum absolute atomic E-state index is 0.0981. The van der Waals surface area contributed by atoms with Crippen molar-refractivity contribution in [1.82, 2.24) is 4.90 Å². The summed E-state index contributed by atoms with van der Waals surface area (Å²) >= 11 is 5.85. The highest BCUT2D eigenvalue weighted by Gasteiger charge is 2.28. The lowest BCUT2D eigenvalue weighted by molar-refractivity contribution is 0.204. The van der Waals surface area contributed by atoms with Crippen molar-refractivity contribution >= 4 is 23.3 Å². The van der Waals surface area contributed by atoms with Gasteiger partial charge >= 0.3 is 6.03 Å². The first-order chi connectivity index (χ1) is 10.1. The topological polar surface area (TPSA) is 32.3 Å². The number of anilines is 1. The zero-order valence-electron chi connectivity index (χ0n) is 11.8. The Bertz CT molecular complexity index is 654. The number of nitrogens with zero attached hydrogens (tertiary/aromatic N) is 1. The molecule has 1 aliphatic carbocycles. The summed E-state index contributed by atoms with van der Waals surface area (Å²) in [6.45, 7) is 0. The summed E-state index contributed by atoms with van der Waals surface area (Å²) in [6.07, 6.45) is 2.00. The van der Waals surface area contributed by atoms with Crippen LogP contribution < -0.4 is 5.32 Å². The molecule has 0 spiro atoms. The third kappa shape index (κ3) is 2.88. The molecular weight excluding hydrogens is 284 g/mol. The van der Waals surface area contributed by atoms with Crippen LogP contribution >= 0.6 is 11.6 Å². The van der Waals surface area contributed by atoms with Gasteiger partial charge in [0, 0.05) is 17.8 Å². The third-order valence-corrected chi connectivity index (χ3v) is 4.24. The van der Waals surface area contributed by atoms with Crippen molar-refractivity contribution < 1.29 is 4.79 Å². The molecule has 0 aliphatic heterocycles. The van der Waals surface area contributed by atoms with Crippen LogP contribution in [0.3, 0.4) is 0 Å². The maximum Gasteiger partial charge on any atom is 0.322 e. The van der Waals surface area contributed by atoms with Gasteiger partial charge in [-0.25, -0.2) is 4.79 Å². The fourth-order valence-corrected chi connectivity index (χ4v) is 2.95. The molecule has 4 heteroatoms. The minimum Gasteiger partial charge on any atom is -0.321 e. The molecule has 2 aromatic rings. The number of fused-ring (bicyclic) bond motifs is 1. The number of hydrogen-bond donors (Lipinski definition) is 1. The molecule has 3 nitrogen and oxygen atoms in total. The molecule has 2 amide bonds. The Balaban J connectivity index is 1.72. The molecule has 3 rings (SSSR count).